The maximum atomic E-state index is 5.24. The van der Waals surface area contributed by atoms with Gasteiger partial charge in [-0.3, -0.25) is 0 Å². The van der Waals surface area contributed by atoms with Crippen molar-refractivity contribution >= 4 is 87.2 Å². The molecule has 3 aromatic heterocycles. The first-order valence-corrected chi connectivity index (χ1v) is 18.5. The van der Waals surface area contributed by atoms with Crippen molar-refractivity contribution in [3.05, 3.63) is 146 Å². The molecule has 0 N–H and O–H groups in total. The minimum Gasteiger partial charge on any atom is -0.357 e. The number of hydrogen-bond donors (Lipinski definition) is 0. The van der Waals surface area contributed by atoms with Gasteiger partial charge in [0, 0.05) is 44.8 Å². The van der Waals surface area contributed by atoms with Gasteiger partial charge in [-0.25, -0.2) is 9.97 Å². The third-order valence-electron chi connectivity index (χ3n) is 11.2. The summed E-state index contributed by atoms with van der Waals surface area (Å²) in [6.45, 7) is 0. The van der Waals surface area contributed by atoms with E-state index < -0.39 is 0 Å². The summed E-state index contributed by atoms with van der Waals surface area (Å²) < 4.78 is 0. The maximum absolute atomic E-state index is 5.24. The van der Waals surface area contributed by atoms with Gasteiger partial charge in [0.15, 0.2) is 0 Å². The van der Waals surface area contributed by atoms with Crippen molar-refractivity contribution < 1.29 is 17.1 Å². The van der Waals surface area contributed by atoms with E-state index in [4.69, 9.17) is 39.9 Å². The summed E-state index contributed by atoms with van der Waals surface area (Å²) >= 11 is 0. The normalized spacial score (nSPS) is 12.1. The standard InChI is InChI=1S/C48H24N8.Cu/c1-2-10-26-18-34-33(17-25(26)9-1)41-49-42(34)54-44-37-21-29-13-5-6-14-30(29)22-38(37)46(51-44)56-48-40-24-32-16-8-7-15-31(32)23-39(40)47(52-48)55-45-36-20-28-12-4-3-11-27(28)19-35(36)43(50-45)53-41;/h1-24H;/q-2;+2. The Hall–Kier alpha value is -7.32. The van der Waals surface area contributed by atoms with E-state index in [0.717, 1.165) is 86.9 Å². The number of benzene rings is 8. The number of fused-ring (bicyclic) bond motifs is 24. The van der Waals surface area contributed by atoms with Crippen molar-refractivity contribution in [3.8, 4) is 45.6 Å². The average molecular weight is 776 g/mol. The predicted molar refractivity (Wildman–Crippen MR) is 224 cm³/mol. The van der Waals surface area contributed by atoms with Crippen LogP contribution in [0.15, 0.2) is 146 Å². The summed E-state index contributed by atoms with van der Waals surface area (Å²) in [5.41, 5.74) is 5.67. The van der Waals surface area contributed by atoms with E-state index in [1.54, 1.807) is 0 Å². The van der Waals surface area contributed by atoms with Crippen molar-refractivity contribution in [2.45, 2.75) is 0 Å². The van der Waals surface area contributed by atoms with Crippen LogP contribution in [0.4, 0.5) is 0 Å². The van der Waals surface area contributed by atoms with Gasteiger partial charge in [-0.15, -0.1) is 0 Å². The van der Waals surface area contributed by atoms with Gasteiger partial charge < -0.3 is 29.9 Å². The number of hydrogen-bond acceptors (Lipinski definition) is 6. The smallest absolute Gasteiger partial charge is 0.357 e. The minimum absolute atomic E-state index is 0. The average Bonchev–Trinajstić information content (AvgIpc) is 3.95. The van der Waals surface area contributed by atoms with Crippen molar-refractivity contribution in [3.63, 3.8) is 0 Å². The van der Waals surface area contributed by atoms with Gasteiger partial charge in [0.05, 0.1) is 23.3 Å². The molecule has 2 aliphatic rings. The Morgan fingerprint density at radius 1 is 0.263 bits per heavy atom. The molecule has 0 aliphatic carbocycles. The Balaban J connectivity index is 0.00000356. The monoisotopic (exact) mass is 775 g/mol. The van der Waals surface area contributed by atoms with E-state index in [-0.39, 0.29) is 17.1 Å². The van der Waals surface area contributed by atoms with Crippen LogP contribution in [0.25, 0.3) is 133 Å². The Kier molecular flexibility index (Phi) is 6.64. The molecule has 8 aromatic carbocycles. The number of aromatic nitrogens is 8. The zero-order valence-corrected chi connectivity index (χ0v) is 30.7. The molecule has 11 aromatic rings. The Morgan fingerprint density at radius 3 is 0.702 bits per heavy atom. The van der Waals surface area contributed by atoms with Gasteiger partial charge in [-0.2, -0.15) is 0 Å². The molecule has 9 heteroatoms. The summed E-state index contributed by atoms with van der Waals surface area (Å²) in [6, 6.07) is 50.4. The molecule has 2 aliphatic heterocycles. The first-order chi connectivity index (χ1) is 27.7. The first-order valence-electron chi connectivity index (χ1n) is 18.5. The molecule has 57 heavy (non-hydrogen) atoms. The molecule has 0 spiro atoms. The Labute approximate surface area is 333 Å². The van der Waals surface area contributed by atoms with Gasteiger partial charge in [-0.05, 0) is 113 Å². The van der Waals surface area contributed by atoms with Gasteiger partial charge in [0.25, 0.3) is 0 Å². The summed E-state index contributed by atoms with van der Waals surface area (Å²) in [7, 11) is 0. The van der Waals surface area contributed by atoms with Gasteiger partial charge in [0.1, 0.15) is 0 Å². The van der Waals surface area contributed by atoms with Crippen molar-refractivity contribution in [2.75, 3.05) is 0 Å². The molecular formula is C48H24CuN8. The van der Waals surface area contributed by atoms with Crippen molar-refractivity contribution in [1.82, 2.24) is 39.9 Å². The second-order valence-corrected chi connectivity index (χ2v) is 14.5. The zero-order valence-electron chi connectivity index (χ0n) is 29.7. The molecule has 0 saturated carbocycles. The van der Waals surface area contributed by atoms with Crippen LogP contribution < -0.4 is 9.97 Å². The van der Waals surface area contributed by atoms with E-state index >= 15 is 0 Å². The van der Waals surface area contributed by atoms with E-state index in [9.17, 15) is 0 Å². The molecule has 0 amide bonds. The van der Waals surface area contributed by atoms with E-state index in [1.807, 2.05) is 48.5 Å². The second-order valence-electron chi connectivity index (χ2n) is 14.5. The summed E-state index contributed by atoms with van der Waals surface area (Å²) in [5, 5.41) is 12.2. The van der Waals surface area contributed by atoms with Gasteiger partial charge >= 0.3 is 17.1 Å². The van der Waals surface area contributed by atoms with Crippen LogP contribution in [0, 0.1) is 0 Å². The topological polar surface area (TPSA) is 106 Å². The van der Waals surface area contributed by atoms with E-state index in [0.29, 0.717) is 45.9 Å². The largest absolute Gasteiger partial charge is 2.00 e. The third-order valence-corrected chi connectivity index (χ3v) is 11.2. The maximum Gasteiger partial charge on any atom is 2.00 e. The number of rotatable bonds is 0. The fraction of sp³-hybridized carbons (Fsp3) is 0. The van der Waals surface area contributed by atoms with Crippen LogP contribution in [0.1, 0.15) is 0 Å². The van der Waals surface area contributed by atoms with Crippen LogP contribution in [0.2, 0.25) is 0 Å². The van der Waals surface area contributed by atoms with Crippen LogP contribution in [-0.2, 0) is 17.1 Å². The quantitative estimate of drug-likeness (QED) is 0.140. The van der Waals surface area contributed by atoms with Crippen LogP contribution in [0.3, 0.4) is 0 Å². The molecule has 1 radical (unpaired) electrons. The van der Waals surface area contributed by atoms with Crippen LogP contribution in [0.5, 0.6) is 0 Å². The van der Waals surface area contributed by atoms with Gasteiger partial charge in [-0.1, -0.05) is 97.1 Å². The van der Waals surface area contributed by atoms with E-state index in [1.165, 1.54) is 0 Å². The molecule has 267 valence electrons. The van der Waals surface area contributed by atoms with Crippen LogP contribution >= 0.6 is 0 Å². The molecule has 8 nitrogen and oxygen atoms in total. The summed E-state index contributed by atoms with van der Waals surface area (Å²) in [5.74, 6) is 2.14. The SMILES string of the molecule is [Cu+2].c1ccc2cc3c(cc2c1)-c1nc-3nc2[n-]c(nc3nc(nc4[n-]c(n1)c1cc5ccccc5cc41)-c1cc4ccccc4cc1-3)c1cc3ccccc3cc21. The molecule has 5 heterocycles. The Morgan fingerprint density at radius 2 is 0.474 bits per heavy atom. The first kappa shape index (κ1) is 32.0. The minimum atomic E-state index is 0. The number of nitrogens with zero attached hydrogens (tertiary/aromatic N) is 8. The Bertz CT molecular complexity index is 3260. The van der Waals surface area contributed by atoms with Crippen LogP contribution in [-0.4, -0.2) is 29.9 Å². The molecule has 0 unspecified atom stereocenters. The van der Waals surface area contributed by atoms with Crippen molar-refractivity contribution in [2.24, 2.45) is 0 Å². The zero-order chi connectivity index (χ0) is 36.5. The molecule has 0 fully saturated rings. The second kappa shape index (κ2) is 11.8. The molecular weight excluding hydrogens is 752 g/mol. The summed E-state index contributed by atoms with van der Waals surface area (Å²) in [6.07, 6.45) is 0. The summed E-state index contributed by atoms with van der Waals surface area (Å²) in [4.78, 5) is 41.6. The van der Waals surface area contributed by atoms with E-state index in [2.05, 4.69) is 97.1 Å². The fourth-order valence-electron chi connectivity index (χ4n) is 8.41. The molecule has 0 saturated heterocycles. The molecule has 13 rings (SSSR count). The fourth-order valence-corrected chi connectivity index (χ4v) is 8.41. The van der Waals surface area contributed by atoms with Crippen molar-refractivity contribution in [1.29, 1.82) is 0 Å². The van der Waals surface area contributed by atoms with Gasteiger partial charge in [0.2, 0.25) is 0 Å². The molecule has 0 atom stereocenters. The molecule has 8 bridgehead atoms. The predicted octanol–water partition coefficient (Wildman–Crippen LogP) is 10.7. The third kappa shape index (κ3) is 4.80.